The lowest BCUT2D eigenvalue weighted by atomic mass is 9.79. The Kier molecular flexibility index (Phi) is 9.82. The number of aliphatic hydroxyl groups is 1. The van der Waals surface area contributed by atoms with Crippen LogP contribution in [0.15, 0.2) is 36.4 Å². The molecule has 0 spiro atoms. The fourth-order valence-electron chi connectivity index (χ4n) is 5.73. The fraction of sp³-hybridized carbons (Fsp3) is 0.611. The zero-order valence-electron chi connectivity index (χ0n) is 26.9. The van der Waals surface area contributed by atoms with E-state index in [1.54, 1.807) is 0 Å². The highest BCUT2D eigenvalue weighted by atomic mass is 16.5. The van der Waals surface area contributed by atoms with Gasteiger partial charge in [-0.2, -0.15) is 0 Å². The van der Waals surface area contributed by atoms with E-state index in [-0.39, 0.29) is 29.1 Å². The van der Waals surface area contributed by atoms with Crippen LogP contribution in [0.25, 0.3) is 6.08 Å². The second kappa shape index (κ2) is 12.2. The Morgan fingerprint density at radius 3 is 2.21 bits per heavy atom. The van der Waals surface area contributed by atoms with Crippen molar-refractivity contribution in [2.45, 2.75) is 120 Å². The molecule has 3 rings (SSSR count). The third kappa shape index (κ3) is 7.76. The Labute approximate surface area is 239 Å². The Morgan fingerprint density at radius 2 is 1.62 bits per heavy atom. The quantitative estimate of drug-likeness (QED) is 0.349. The first kappa shape index (κ1) is 31.4. The van der Waals surface area contributed by atoms with Gasteiger partial charge in [0.05, 0.1) is 24.4 Å². The van der Waals surface area contributed by atoms with Crippen molar-refractivity contribution in [2.24, 2.45) is 16.7 Å². The van der Waals surface area contributed by atoms with Crippen LogP contribution in [-0.4, -0.2) is 30.0 Å². The number of fused-ring (bicyclic) bond motifs is 1. The normalized spacial score (nSPS) is 18.3. The first-order valence-corrected chi connectivity index (χ1v) is 15.0. The van der Waals surface area contributed by atoms with Crippen molar-refractivity contribution >= 4 is 11.8 Å². The summed E-state index contributed by atoms with van der Waals surface area (Å²) in [6, 6.07) is 11.6. The molecule has 1 heterocycles. The summed E-state index contributed by atoms with van der Waals surface area (Å²) < 4.78 is 6.83. The summed E-state index contributed by atoms with van der Waals surface area (Å²) in [5, 5.41) is 11.0. The van der Waals surface area contributed by atoms with Gasteiger partial charge in [-0.05, 0) is 79.2 Å². The highest BCUT2D eigenvalue weighted by Gasteiger charge is 2.35. The monoisotopic (exact) mass is 533 g/mol. The molecular weight excluding hydrogens is 478 g/mol. The molecule has 2 aromatic carbocycles. The molecular formula is C36H55NO2. The average molecular weight is 534 g/mol. The maximum absolute atomic E-state index is 11.0. The van der Waals surface area contributed by atoms with Crippen molar-refractivity contribution in [3.05, 3.63) is 69.8 Å². The number of nitrogens with zero attached hydrogens (tertiary/aromatic N) is 1. The van der Waals surface area contributed by atoms with E-state index >= 15 is 0 Å². The van der Waals surface area contributed by atoms with Crippen LogP contribution in [0.1, 0.15) is 108 Å². The van der Waals surface area contributed by atoms with E-state index in [1.807, 2.05) is 0 Å². The molecule has 0 saturated carbocycles. The van der Waals surface area contributed by atoms with Gasteiger partial charge in [0.2, 0.25) is 0 Å². The maximum Gasteiger partial charge on any atom is 0.0733 e. The molecule has 0 amide bonds. The molecule has 1 aliphatic heterocycles. The highest BCUT2D eigenvalue weighted by molar-refractivity contribution is 5.76. The van der Waals surface area contributed by atoms with Crippen LogP contribution in [0.4, 0.5) is 5.69 Å². The van der Waals surface area contributed by atoms with E-state index < -0.39 is 6.10 Å². The molecule has 3 heteroatoms. The van der Waals surface area contributed by atoms with Crippen LogP contribution >= 0.6 is 0 Å². The van der Waals surface area contributed by atoms with E-state index in [4.69, 9.17) is 4.74 Å². The van der Waals surface area contributed by atoms with Crippen LogP contribution < -0.4 is 4.90 Å². The molecule has 0 radical (unpaired) electrons. The van der Waals surface area contributed by atoms with E-state index in [2.05, 4.69) is 130 Å². The van der Waals surface area contributed by atoms with Crippen molar-refractivity contribution in [3.8, 4) is 0 Å². The van der Waals surface area contributed by atoms with Crippen molar-refractivity contribution < 1.29 is 9.84 Å². The van der Waals surface area contributed by atoms with Gasteiger partial charge < -0.3 is 14.7 Å². The highest BCUT2D eigenvalue weighted by Crippen LogP contribution is 2.41. The number of anilines is 1. The summed E-state index contributed by atoms with van der Waals surface area (Å²) in [4.78, 5) is 2.56. The predicted molar refractivity (Wildman–Crippen MR) is 169 cm³/mol. The summed E-state index contributed by atoms with van der Waals surface area (Å²) in [5.74, 6) is 0.599. The van der Waals surface area contributed by atoms with Gasteiger partial charge in [0.1, 0.15) is 0 Å². The predicted octanol–water partition coefficient (Wildman–Crippen LogP) is 9.00. The van der Waals surface area contributed by atoms with Crippen molar-refractivity contribution in [3.63, 3.8) is 0 Å². The molecule has 0 bridgehead atoms. The first-order valence-electron chi connectivity index (χ1n) is 15.0. The minimum absolute atomic E-state index is 0.0109. The SMILES string of the molecule is Cc1cc(C)c(C)c(C2C=Cc3c(CC(C)C)cccc3N2C[C@@H](C)OC(CC(O)C(C)(C)C)C(C)(C)C)c1. The van der Waals surface area contributed by atoms with Gasteiger partial charge in [-0.3, -0.25) is 0 Å². The zero-order valence-corrected chi connectivity index (χ0v) is 26.9. The summed E-state index contributed by atoms with van der Waals surface area (Å²) >= 11 is 0. The maximum atomic E-state index is 11.0. The van der Waals surface area contributed by atoms with Gasteiger partial charge >= 0.3 is 0 Å². The molecule has 0 saturated heterocycles. The number of benzene rings is 2. The van der Waals surface area contributed by atoms with Crippen molar-refractivity contribution in [1.29, 1.82) is 0 Å². The molecule has 216 valence electrons. The van der Waals surface area contributed by atoms with Crippen LogP contribution in [0.2, 0.25) is 0 Å². The Bertz CT molecular complexity index is 1150. The van der Waals surface area contributed by atoms with Gasteiger partial charge in [-0.25, -0.2) is 0 Å². The molecule has 0 aromatic heterocycles. The van der Waals surface area contributed by atoms with E-state index in [9.17, 15) is 5.11 Å². The number of ether oxygens (including phenoxy) is 1. The lowest BCUT2D eigenvalue weighted by molar-refractivity contribution is -0.0912. The second-order valence-electron chi connectivity index (χ2n) is 14.6. The standard InChI is InChI=1S/C36H55NO2/c1-23(2)18-28-14-13-15-31-29(28)16-17-32(30-20-24(3)19-25(4)27(30)6)37(31)22-26(5)39-34(36(10,11)12)21-33(38)35(7,8)9/h13-17,19-20,23,26,32-34,38H,18,21-22H2,1-12H3/t26-,32?,33?,34?/m1/s1. The average Bonchev–Trinajstić information content (AvgIpc) is 2.80. The number of aryl methyl sites for hydroxylation is 2. The summed E-state index contributed by atoms with van der Waals surface area (Å²) in [7, 11) is 0. The molecule has 4 atom stereocenters. The summed E-state index contributed by atoms with van der Waals surface area (Å²) in [6.07, 6.45) is 5.97. The Hall–Kier alpha value is -2.10. The van der Waals surface area contributed by atoms with Crippen LogP contribution in [-0.2, 0) is 11.2 Å². The van der Waals surface area contributed by atoms with Gasteiger partial charge in [0.25, 0.3) is 0 Å². The van der Waals surface area contributed by atoms with Crippen molar-refractivity contribution in [2.75, 3.05) is 11.4 Å². The summed E-state index contributed by atoms with van der Waals surface area (Å²) in [5.41, 5.74) is 9.15. The fourth-order valence-corrected chi connectivity index (χ4v) is 5.73. The van der Waals surface area contributed by atoms with Gasteiger partial charge in [-0.15, -0.1) is 0 Å². The largest absolute Gasteiger partial charge is 0.392 e. The number of hydrogen-bond donors (Lipinski definition) is 1. The summed E-state index contributed by atoms with van der Waals surface area (Å²) in [6.45, 7) is 27.2. The van der Waals surface area contributed by atoms with E-state index in [0.717, 1.165) is 13.0 Å². The molecule has 2 aromatic rings. The minimum atomic E-state index is -0.420. The van der Waals surface area contributed by atoms with E-state index in [0.29, 0.717) is 12.3 Å². The molecule has 1 N–H and O–H groups in total. The molecule has 3 nitrogen and oxygen atoms in total. The topological polar surface area (TPSA) is 32.7 Å². The number of hydrogen-bond acceptors (Lipinski definition) is 3. The van der Waals surface area contributed by atoms with Gasteiger partial charge in [0, 0.05) is 24.2 Å². The lowest BCUT2D eigenvalue weighted by Crippen LogP contribution is -2.43. The Morgan fingerprint density at radius 1 is 0.949 bits per heavy atom. The third-order valence-electron chi connectivity index (χ3n) is 8.32. The number of aliphatic hydroxyl groups excluding tert-OH is 1. The second-order valence-corrected chi connectivity index (χ2v) is 14.6. The molecule has 3 unspecified atom stereocenters. The smallest absolute Gasteiger partial charge is 0.0733 e. The van der Waals surface area contributed by atoms with Crippen LogP contribution in [0.3, 0.4) is 0 Å². The van der Waals surface area contributed by atoms with Crippen LogP contribution in [0, 0.1) is 37.5 Å². The van der Waals surface area contributed by atoms with Crippen molar-refractivity contribution in [1.82, 2.24) is 0 Å². The lowest BCUT2D eigenvalue weighted by Gasteiger charge is -2.42. The Balaban J connectivity index is 2.01. The molecule has 1 aliphatic rings. The molecule has 0 aliphatic carbocycles. The minimum Gasteiger partial charge on any atom is -0.392 e. The van der Waals surface area contributed by atoms with Crippen LogP contribution in [0.5, 0.6) is 0 Å². The molecule has 0 fully saturated rings. The number of rotatable bonds is 9. The van der Waals surface area contributed by atoms with Gasteiger partial charge in [0.15, 0.2) is 0 Å². The first-order chi connectivity index (χ1) is 18.0. The zero-order chi connectivity index (χ0) is 29.3. The molecule has 39 heavy (non-hydrogen) atoms. The van der Waals surface area contributed by atoms with E-state index in [1.165, 1.54) is 39.1 Å². The van der Waals surface area contributed by atoms with Gasteiger partial charge in [-0.1, -0.05) is 97.4 Å². The third-order valence-corrected chi connectivity index (χ3v) is 8.32.